The third kappa shape index (κ3) is 5.52. The third-order valence-electron chi connectivity index (χ3n) is 4.28. The zero-order valence-corrected chi connectivity index (χ0v) is 14.6. The summed E-state index contributed by atoms with van der Waals surface area (Å²) in [5, 5.41) is 13.5. The molecule has 0 bridgehead atoms. The van der Waals surface area contributed by atoms with Gasteiger partial charge in [-0.3, -0.25) is 9.78 Å². The highest BCUT2D eigenvalue weighted by atomic mass is 16.3. The SMILES string of the molecule is CCCCCCCCCCC(=O)Nc1ccc(O)c2ncccc12. The number of unbranched alkanes of at least 4 members (excludes halogenated alkanes) is 7. The molecule has 0 saturated carbocycles. The normalized spacial score (nSPS) is 10.9. The van der Waals surface area contributed by atoms with Crippen molar-refractivity contribution in [2.24, 2.45) is 0 Å². The molecule has 0 aliphatic carbocycles. The predicted octanol–water partition coefficient (Wildman–Crippen LogP) is 5.41. The molecule has 130 valence electrons. The van der Waals surface area contributed by atoms with Gasteiger partial charge in [-0.15, -0.1) is 0 Å². The van der Waals surface area contributed by atoms with Crippen molar-refractivity contribution >= 4 is 22.5 Å². The monoisotopic (exact) mass is 328 g/mol. The van der Waals surface area contributed by atoms with Gasteiger partial charge < -0.3 is 10.4 Å². The van der Waals surface area contributed by atoms with Crippen molar-refractivity contribution in [2.75, 3.05) is 5.32 Å². The molecule has 0 saturated heterocycles. The Bertz CT molecular complexity index is 655. The van der Waals surface area contributed by atoms with Crippen LogP contribution in [-0.2, 0) is 4.79 Å². The number of hydrogen-bond donors (Lipinski definition) is 2. The predicted molar refractivity (Wildman–Crippen MR) is 99.3 cm³/mol. The van der Waals surface area contributed by atoms with Crippen LogP contribution in [0.4, 0.5) is 5.69 Å². The number of rotatable bonds is 10. The molecule has 2 N–H and O–H groups in total. The molecule has 2 aromatic rings. The van der Waals surface area contributed by atoms with E-state index in [-0.39, 0.29) is 11.7 Å². The Labute approximate surface area is 144 Å². The Balaban J connectivity index is 1.74. The lowest BCUT2D eigenvalue weighted by atomic mass is 10.1. The lowest BCUT2D eigenvalue weighted by Gasteiger charge is -2.09. The van der Waals surface area contributed by atoms with Crippen LogP contribution in [0, 0.1) is 0 Å². The molecule has 0 aliphatic rings. The molecule has 2 rings (SSSR count). The number of aromatic nitrogens is 1. The molecular weight excluding hydrogens is 300 g/mol. The van der Waals surface area contributed by atoms with E-state index < -0.39 is 0 Å². The average molecular weight is 328 g/mol. The first-order valence-corrected chi connectivity index (χ1v) is 9.09. The summed E-state index contributed by atoms with van der Waals surface area (Å²) in [6, 6.07) is 6.95. The van der Waals surface area contributed by atoms with Crippen molar-refractivity contribution in [1.82, 2.24) is 4.98 Å². The number of hydrogen-bond acceptors (Lipinski definition) is 3. The number of pyridine rings is 1. The minimum atomic E-state index is 0.0248. The summed E-state index contributed by atoms with van der Waals surface area (Å²) >= 11 is 0. The van der Waals surface area contributed by atoms with Crippen molar-refractivity contribution in [3.63, 3.8) is 0 Å². The summed E-state index contributed by atoms with van der Waals surface area (Å²) in [7, 11) is 0. The van der Waals surface area contributed by atoms with Crippen molar-refractivity contribution in [1.29, 1.82) is 0 Å². The number of phenolic OH excluding ortho intramolecular Hbond substituents is 1. The van der Waals surface area contributed by atoms with Crippen LogP contribution in [-0.4, -0.2) is 16.0 Å². The topological polar surface area (TPSA) is 62.2 Å². The number of carbonyl (C=O) groups is 1. The smallest absolute Gasteiger partial charge is 0.224 e. The molecule has 4 nitrogen and oxygen atoms in total. The number of fused-ring (bicyclic) bond motifs is 1. The molecule has 0 radical (unpaired) electrons. The van der Waals surface area contributed by atoms with Crippen molar-refractivity contribution in [3.8, 4) is 5.75 Å². The molecule has 1 amide bonds. The summed E-state index contributed by atoms with van der Waals surface area (Å²) in [6.45, 7) is 2.23. The third-order valence-corrected chi connectivity index (χ3v) is 4.28. The molecule has 0 fully saturated rings. The average Bonchev–Trinajstić information content (AvgIpc) is 2.60. The molecule has 0 spiro atoms. The van der Waals surface area contributed by atoms with E-state index in [1.165, 1.54) is 38.5 Å². The van der Waals surface area contributed by atoms with E-state index in [9.17, 15) is 9.90 Å². The van der Waals surface area contributed by atoms with Crippen LogP contribution in [0.5, 0.6) is 5.75 Å². The number of nitrogens with one attached hydrogen (secondary N) is 1. The van der Waals surface area contributed by atoms with Gasteiger partial charge in [0.1, 0.15) is 11.3 Å². The second-order valence-electron chi connectivity index (χ2n) is 6.30. The molecule has 1 aromatic carbocycles. The second kappa shape index (κ2) is 9.91. The zero-order valence-electron chi connectivity index (χ0n) is 14.6. The fraction of sp³-hybridized carbons (Fsp3) is 0.500. The molecule has 0 aliphatic heterocycles. The number of anilines is 1. The van der Waals surface area contributed by atoms with Gasteiger partial charge in [0, 0.05) is 18.0 Å². The Morgan fingerprint density at radius 3 is 2.50 bits per heavy atom. The minimum Gasteiger partial charge on any atom is -0.506 e. The summed E-state index contributed by atoms with van der Waals surface area (Å²) in [5.41, 5.74) is 1.22. The van der Waals surface area contributed by atoms with E-state index in [1.807, 2.05) is 6.07 Å². The van der Waals surface area contributed by atoms with Gasteiger partial charge >= 0.3 is 0 Å². The van der Waals surface area contributed by atoms with Gasteiger partial charge in [0.2, 0.25) is 5.91 Å². The highest BCUT2D eigenvalue weighted by Crippen LogP contribution is 2.29. The van der Waals surface area contributed by atoms with E-state index in [4.69, 9.17) is 0 Å². The van der Waals surface area contributed by atoms with Crippen LogP contribution < -0.4 is 5.32 Å². The number of benzene rings is 1. The van der Waals surface area contributed by atoms with Crippen molar-refractivity contribution < 1.29 is 9.90 Å². The van der Waals surface area contributed by atoms with E-state index in [0.29, 0.717) is 17.6 Å². The Kier molecular flexibility index (Phi) is 7.53. The van der Waals surface area contributed by atoms with E-state index in [0.717, 1.165) is 18.2 Å². The van der Waals surface area contributed by atoms with Crippen LogP contribution in [0.3, 0.4) is 0 Å². The zero-order chi connectivity index (χ0) is 17.2. The van der Waals surface area contributed by atoms with Crippen molar-refractivity contribution in [2.45, 2.75) is 64.7 Å². The maximum atomic E-state index is 12.1. The largest absolute Gasteiger partial charge is 0.506 e. The van der Waals surface area contributed by atoms with Crippen LogP contribution in [0.15, 0.2) is 30.5 Å². The second-order valence-corrected chi connectivity index (χ2v) is 6.30. The fourth-order valence-electron chi connectivity index (χ4n) is 2.90. The summed E-state index contributed by atoms with van der Waals surface area (Å²) < 4.78 is 0. The number of aromatic hydroxyl groups is 1. The lowest BCUT2D eigenvalue weighted by molar-refractivity contribution is -0.116. The van der Waals surface area contributed by atoms with Gasteiger partial charge in [0.25, 0.3) is 0 Å². The van der Waals surface area contributed by atoms with Gasteiger partial charge in [0.15, 0.2) is 0 Å². The highest BCUT2D eigenvalue weighted by molar-refractivity contribution is 6.02. The number of amides is 1. The van der Waals surface area contributed by atoms with Crippen LogP contribution in [0.2, 0.25) is 0 Å². The van der Waals surface area contributed by atoms with Gasteiger partial charge in [-0.05, 0) is 30.7 Å². The molecule has 0 atom stereocenters. The maximum absolute atomic E-state index is 12.1. The van der Waals surface area contributed by atoms with Gasteiger partial charge in [-0.25, -0.2) is 0 Å². The highest BCUT2D eigenvalue weighted by Gasteiger charge is 2.08. The van der Waals surface area contributed by atoms with Gasteiger partial charge in [-0.2, -0.15) is 0 Å². The number of nitrogens with zero attached hydrogens (tertiary/aromatic N) is 1. The first-order valence-electron chi connectivity index (χ1n) is 9.09. The lowest BCUT2D eigenvalue weighted by Crippen LogP contribution is -2.11. The Hall–Kier alpha value is -2.10. The van der Waals surface area contributed by atoms with Crippen LogP contribution >= 0.6 is 0 Å². The summed E-state index contributed by atoms with van der Waals surface area (Å²) in [4.78, 5) is 16.3. The molecule has 4 heteroatoms. The Morgan fingerprint density at radius 2 is 1.75 bits per heavy atom. The summed E-state index contributed by atoms with van der Waals surface area (Å²) in [6.07, 6.45) is 11.9. The number of phenols is 1. The van der Waals surface area contributed by atoms with E-state index in [2.05, 4.69) is 17.2 Å². The quantitative estimate of drug-likeness (QED) is 0.453. The fourth-order valence-corrected chi connectivity index (χ4v) is 2.90. The molecule has 1 heterocycles. The molecular formula is C20H28N2O2. The van der Waals surface area contributed by atoms with E-state index in [1.54, 1.807) is 24.4 Å². The Morgan fingerprint density at radius 1 is 1.04 bits per heavy atom. The first-order chi connectivity index (χ1) is 11.7. The standard InChI is InChI=1S/C20H28N2O2/c1-2-3-4-5-6-7-8-9-12-19(24)22-17-13-14-18(23)20-16(17)11-10-15-21-20/h10-11,13-15,23H,2-9,12H2,1H3,(H,22,24). The first kappa shape index (κ1) is 18.2. The molecule has 1 aromatic heterocycles. The van der Waals surface area contributed by atoms with Crippen molar-refractivity contribution in [3.05, 3.63) is 30.5 Å². The van der Waals surface area contributed by atoms with Gasteiger partial charge in [0.05, 0.1) is 5.69 Å². The van der Waals surface area contributed by atoms with Crippen LogP contribution in [0.25, 0.3) is 10.9 Å². The van der Waals surface area contributed by atoms with Crippen LogP contribution in [0.1, 0.15) is 64.7 Å². The number of carbonyl (C=O) groups excluding carboxylic acids is 1. The van der Waals surface area contributed by atoms with E-state index >= 15 is 0 Å². The maximum Gasteiger partial charge on any atom is 0.224 e. The summed E-state index contributed by atoms with van der Waals surface area (Å²) in [5.74, 6) is 0.156. The minimum absolute atomic E-state index is 0.0248. The van der Waals surface area contributed by atoms with Gasteiger partial charge in [-0.1, -0.05) is 51.9 Å². The molecule has 0 unspecified atom stereocenters. The molecule has 24 heavy (non-hydrogen) atoms.